The second-order valence-corrected chi connectivity index (χ2v) is 1.34. The molecule has 0 unspecified atom stereocenters. The Morgan fingerprint density at radius 1 is 1.00 bits per heavy atom. The fraction of sp³-hybridized carbons (Fsp3) is 0. The molecular weight excluding hydrogens is 232 g/mol. The van der Waals surface area contributed by atoms with Crippen molar-refractivity contribution in [2.24, 2.45) is 0 Å². The van der Waals surface area contributed by atoms with Crippen LogP contribution < -0.4 is 0 Å². The minimum Gasteiger partial charge on any atom is 0 e. The van der Waals surface area contributed by atoms with Crippen molar-refractivity contribution in [3.05, 3.63) is 0 Å². The molecule has 0 bridgehead atoms. The Kier molecular flexibility index (Phi) is 42.5. The maximum absolute atomic E-state index is 8.74. The van der Waals surface area contributed by atoms with Gasteiger partial charge < -0.3 is 11.0 Å². The molecule has 0 saturated heterocycles. The van der Waals surface area contributed by atoms with Gasteiger partial charge in [0.25, 0.3) is 0 Å². The van der Waals surface area contributed by atoms with Crippen LogP contribution in [0.4, 0.5) is 0 Å². The van der Waals surface area contributed by atoms with Crippen LogP contribution in [-0.4, -0.2) is 66.2 Å². The summed E-state index contributed by atoms with van der Waals surface area (Å²) in [6.45, 7) is 0. The van der Waals surface area contributed by atoms with E-state index in [0.717, 1.165) is 0 Å². The Bertz CT molecular complexity index is 96.2. The van der Waals surface area contributed by atoms with Crippen LogP contribution in [-0.2, 0) is 27.5 Å². The average Bonchev–Trinajstić information content (AvgIpc) is 0.722. The van der Waals surface area contributed by atoms with E-state index in [1.807, 2.05) is 0 Å². The molecule has 0 fully saturated rings. The topological polar surface area (TPSA) is 138 Å². The molecule has 9 heavy (non-hydrogen) atoms. The van der Waals surface area contributed by atoms with E-state index in [1.165, 1.54) is 0 Å². The summed E-state index contributed by atoms with van der Waals surface area (Å²) in [5.41, 5.74) is 0. The van der Waals surface area contributed by atoms with Gasteiger partial charge in [0.05, 0.1) is 0 Å². The summed E-state index contributed by atoms with van der Waals surface area (Å²) in [5, 5.41) is 0. The Morgan fingerprint density at radius 2 is 1.00 bits per heavy atom. The Hall–Kier alpha value is 1.57. The molecule has 0 aromatic carbocycles. The summed E-state index contributed by atoms with van der Waals surface area (Å²) in [5.74, 6) is 0. The van der Waals surface area contributed by atoms with Crippen molar-refractivity contribution in [3.63, 3.8) is 0 Å². The smallest absolute Gasteiger partial charge is 0 e. The first-order chi connectivity index (χ1) is 2.00. The number of hydrogen-bond acceptors (Lipinski definition) is 2. The van der Waals surface area contributed by atoms with Gasteiger partial charge in [0.15, 0.2) is 0 Å². The Morgan fingerprint density at radius 3 is 1.00 bits per heavy atom. The standard InChI is InChI=1S/Ca.Cu.H2O4S.2H2O.2H/c;;1-5(2,3)4;;;;/h;;(H2,1,2,3,4);2*1H2;;. The van der Waals surface area contributed by atoms with E-state index < -0.39 is 10.4 Å². The predicted octanol–water partition coefficient (Wildman–Crippen LogP) is -3.22. The van der Waals surface area contributed by atoms with Crippen molar-refractivity contribution in [3.8, 4) is 0 Å². The molecule has 0 heterocycles. The Labute approximate surface area is 92.7 Å². The van der Waals surface area contributed by atoms with Gasteiger partial charge in [-0.25, -0.2) is 0 Å². The quantitative estimate of drug-likeness (QED) is 0.339. The minimum absolute atomic E-state index is 0. The van der Waals surface area contributed by atoms with E-state index in [-0.39, 0.29) is 65.8 Å². The number of rotatable bonds is 0. The van der Waals surface area contributed by atoms with E-state index in [0.29, 0.717) is 0 Å². The first-order valence-corrected chi connectivity index (χ1v) is 2.10. The van der Waals surface area contributed by atoms with Crippen molar-refractivity contribution in [2.45, 2.75) is 0 Å². The van der Waals surface area contributed by atoms with Crippen LogP contribution in [0.2, 0.25) is 0 Å². The van der Waals surface area contributed by atoms with E-state index >= 15 is 0 Å². The number of hydrogen-bond donors (Lipinski definition) is 2. The van der Waals surface area contributed by atoms with Gasteiger partial charge >= 0.3 is 48.1 Å². The van der Waals surface area contributed by atoms with Gasteiger partial charge in [-0.2, -0.15) is 8.42 Å². The van der Waals surface area contributed by atoms with E-state index in [1.54, 1.807) is 0 Å². The third-order valence-corrected chi connectivity index (χ3v) is 0. The van der Waals surface area contributed by atoms with Crippen molar-refractivity contribution in [2.75, 3.05) is 0 Å². The summed E-state index contributed by atoms with van der Waals surface area (Å²) in [6, 6.07) is 0. The molecule has 0 aliphatic carbocycles. The summed E-state index contributed by atoms with van der Waals surface area (Å²) >= 11 is 0. The van der Waals surface area contributed by atoms with Gasteiger partial charge in [-0.1, -0.05) is 0 Å². The fourth-order valence-corrected chi connectivity index (χ4v) is 0. The molecule has 0 aliphatic heterocycles. The van der Waals surface area contributed by atoms with Gasteiger partial charge in [0.2, 0.25) is 0 Å². The molecule has 6 nitrogen and oxygen atoms in total. The van der Waals surface area contributed by atoms with Crippen LogP contribution in [0.5, 0.6) is 0 Å². The molecule has 0 amide bonds. The monoisotopic (exact) mass is 239 g/mol. The molecule has 0 aliphatic rings. The van der Waals surface area contributed by atoms with Crippen molar-refractivity contribution in [1.82, 2.24) is 0 Å². The summed E-state index contributed by atoms with van der Waals surface area (Å²) in [7, 11) is -4.67. The second-order valence-electron chi connectivity index (χ2n) is 0.448. The molecule has 0 saturated carbocycles. The van der Waals surface area contributed by atoms with Gasteiger partial charge in [-0.15, -0.1) is 0 Å². The van der Waals surface area contributed by atoms with Gasteiger partial charge in [0.1, 0.15) is 0 Å². The van der Waals surface area contributed by atoms with Crippen LogP contribution in [0.25, 0.3) is 0 Å². The fourth-order valence-electron chi connectivity index (χ4n) is 0. The van der Waals surface area contributed by atoms with E-state index in [9.17, 15) is 0 Å². The van der Waals surface area contributed by atoms with Gasteiger partial charge in [0, 0.05) is 17.1 Å². The SMILES string of the molecule is O.O.O=S(=O)(O)O.[CaH2].[Cu]. The molecule has 0 aromatic heterocycles. The van der Waals surface area contributed by atoms with Crippen LogP contribution >= 0.6 is 0 Å². The molecule has 0 aromatic rings. The first kappa shape index (κ1) is 31.2. The zero-order chi connectivity index (χ0) is 4.50. The molecular formula is H8CaCuO6S. The zero-order valence-corrected chi connectivity index (χ0v) is 5.18. The molecule has 0 rings (SSSR count). The Balaban J connectivity index is -0.0000000133. The van der Waals surface area contributed by atoms with Crippen molar-refractivity contribution >= 4 is 48.1 Å². The average molecular weight is 240 g/mol. The van der Waals surface area contributed by atoms with Crippen molar-refractivity contribution < 1.29 is 45.5 Å². The predicted molar refractivity (Wildman–Crippen MR) is 29.9 cm³/mol. The zero-order valence-electron chi connectivity index (χ0n) is 3.42. The maximum Gasteiger partial charge on any atom is 0 e. The second kappa shape index (κ2) is 12.3. The van der Waals surface area contributed by atoms with E-state index in [2.05, 4.69) is 0 Å². The summed E-state index contributed by atoms with van der Waals surface area (Å²) < 4.78 is 31.6. The minimum atomic E-state index is -4.67. The molecule has 0 spiro atoms. The molecule has 63 valence electrons. The first-order valence-electron chi connectivity index (χ1n) is 0.698. The van der Waals surface area contributed by atoms with Gasteiger partial charge in [-0.3, -0.25) is 9.11 Å². The maximum atomic E-state index is 8.74. The molecule has 9 heteroatoms. The molecule has 0 atom stereocenters. The van der Waals surface area contributed by atoms with Crippen LogP contribution in [0.3, 0.4) is 0 Å². The van der Waals surface area contributed by atoms with Crippen molar-refractivity contribution in [1.29, 1.82) is 0 Å². The summed E-state index contributed by atoms with van der Waals surface area (Å²) in [6.07, 6.45) is 0. The van der Waals surface area contributed by atoms with Crippen LogP contribution in [0.15, 0.2) is 0 Å². The third-order valence-electron chi connectivity index (χ3n) is 0. The third kappa shape index (κ3) is 223. The summed E-state index contributed by atoms with van der Waals surface area (Å²) in [4.78, 5) is 0. The van der Waals surface area contributed by atoms with E-state index in [4.69, 9.17) is 17.5 Å². The largest absolute Gasteiger partial charge is 0 e. The van der Waals surface area contributed by atoms with Gasteiger partial charge in [-0.05, 0) is 0 Å². The van der Waals surface area contributed by atoms with Crippen LogP contribution in [0.1, 0.15) is 0 Å². The van der Waals surface area contributed by atoms with Crippen LogP contribution in [0, 0.1) is 0 Å². The molecule has 6 N–H and O–H groups in total. The molecule has 1 radical (unpaired) electrons. The normalized spacial score (nSPS) is 6.44.